The van der Waals surface area contributed by atoms with Crippen LogP contribution in [-0.2, 0) is 25.6 Å². The van der Waals surface area contributed by atoms with Gasteiger partial charge < -0.3 is 26.8 Å². The second-order valence-corrected chi connectivity index (χ2v) is 9.53. The van der Waals surface area contributed by atoms with Crippen molar-refractivity contribution in [2.45, 2.75) is 50.4 Å². The zero-order valence-corrected chi connectivity index (χ0v) is 20.8. The van der Waals surface area contributed by atoms with Gasteiger partial charge in [0.15, 0.2) is 0 Å². The molecular formula is C22H34N4O5S2. The zero-order valence-electron chi connectivity index (χ0n) is 19.2. The van der Waals surface area contributed by atoms with Crippen LogP contribution in [0.2, 0.25) is 0 Å². The van der Waals surface area contributed by atoms with Crippen LogP contribution in [-0.4, -0.2) is 77.0 Å². The Bertz CT molecular complexity index is 779. The number of carboxylic acid groups (broad SMARTS) is 1. The molecule has 1 aromatic carbocycles. The average Bonchev–Trinajstić information content (AvgIpc) is 2.78. The summed E-state index contributed by atoms with van der Waals surface area (Å²) in [5, 5.41) is 17.5. The highest BCUT2D eigenvalue weighted by molar-refractivity contribution is 7.98. The van der Waals surface area contributed by atoms with Gasteiger partial charge in [-0.3, -0.25) is 14.4 Å². The summed E-state index contributed by atoms with van der Waals surface area (Å²) >= 11 is 3.03. The summed E-state index contributed by atoms with van der Waals surface area (Å²) in [4.78, 5) is 49.6. The largest absolute Gasteiger partial charge is 0.480 e. The van der Waals surface area contributed by atoms with E-state index in [9.17, 15) is 24.3 Å². The summed E-state index contributed by atoms with van der Waals surface area (Å²) in [5.74, 6) is -1.51. The maximum absolute atomic E-state index is 12.9. The minimum absolute atomic E-state index is 0.117. The molecule has 1 aromatic rings. The van der Waals surface area contributed by atoms with Gasteiger partial charge in [0.1, 0.15) is 18.1 Å². The topological polar surface area (TPSA) is 151 Å². The van der Waals surface area contributed by atoms with Gasteiger partial charge in [-0.15, -0.1) is 0 Å². The minimum Gasteiger partial charge on any atom is -0.480 e. The van der Waals surface area contributed by atoms with Crippen LogP contribution < -0.4 is 21.7 Å². The molecule has 4 unspecified atom stereocenters. The predicted molar refractivity (Wildman–Crippen MR) is 133 cm³/mol. The molecule has 6 N–H and O–H groups in total. The van der Waals surface area contributed by atoms with E-state index in [1.807, 2.05) is 18.6 Å². The minimum atomic E-state index is -1.16. The van der Waals surface area contributed by atoms with E-state index in [1.165, 1.54) is 30.4 Å². The molecule has 9 nitrogen and oxygen atoms in total. The Morgan fingerprint density at radius 2 is 1.30 bits per heavy atom. The summed E-state index contributed by atoms with van der Waals surface area (Å²) in [6.07, 6.45) is 4.55. The van der Waals surface area contributed by atoms with E-state index >= 15 is 0 Å². The van der Waals surface area contributed by atoms with E-state index in [2.05, 4.69) is 16.0 Å². The van der Waals surface area contributed by atoms with Gasteiger partial charge in [-0.25, -0.2) is 4.79 Å². The van der Waals surface area contributed by atoms with Crippen molar-refractivity contribution in [2.75, 3.05) is 24.0 Å². The van der Waals surface area contributed by atoms with E-state index in [-0.39, 0.29) is 6.42 Å². The summed E-state index contributed by atoms with van der Waals surface area (Å²) in [6.45, 7) is 1.52. The monoisotopic (exact) mass is 498 g/mol. The molecule has 0 spiro atoms. The lowest BCUT2D eigenvalue weighted by Crippen LogP contribution is -2.57. The number of thioether (sulfide) groups is 2. The summed E-state index contributed by atoms with van der Waals surface area (Å²) in [6, 6.07) is 5.28. The third-order valence-corrected chi connectivity index (χ3v) is 6.09. The van der Waals surface area contributed by atoms with Gasteiger partial charge in [-0.05, 0) is 49.3 Å². The van der Waals surface area contributed by atoms with Crippen LogP contribution in [0.4, 0.5) is 0 Å². The SMILES string of the molecule is CSCCC(NC(=O)C(C)N)C(=O)NC(CCSC)C(=O)NC(Cc1ccccc1)C(=O)O. The van der Waals surface area contributed by atoms with Crippen LogP contribution in [0.3, 0.4) is 0 Å². The number of benzene rings is 1. The number of amides is 3. The van der Waals surface area contributed by atoms with Crippen molar-refractivity contribution in [1.29, 1.82) is 0 Å². The fourth-order valence-corrected chi connectivity index (χ4v) is 3.85. The maximum atomic E-state index is 12.9. The Morgan fingerprint density at radius 3 is 1.73 bits per heavy atom. The van der Waals surface area contributed by atoms with E-state index < -0.39 is 47.9 Å². The Kier molecular flexibility index (Phi) is 13.6. The smallest absolute Gasteiger partial charge is 0.326 e. The fraction of sp³-hybridized carbons (Fsp3) is 0.545. The second-order valence-electron chi connectivity index (χ2n) is 7.56. The number of hydrogen-bond acceptors (Lipinski definition) is 7. The maximum Gasteiger partial charge on any atom is 0.326 e. The first kappa shape index (κ1) is 28.8. The van der Waals surface area contributed by atoms with Crippen molar-refractivity contribution in [3.8, 4) is 0 Å². The van der Waals surface area contributed by atoms with Crippen LogP contribution in [0.15, 0.2) is 30.3 Å². The van der Waals surface area contributed by atoms with Crippen molar-refractivity contribution < 1.29 is 24.3 Å². The molecule has 11 heteroatoms. The molecule has 0 aromatic heterocycles. The standard InChI is InChI=1S/C22H34N4O5S2/c1-14(23)19(27)24-16(9-11-32-2)20(28)25-17(10-12-33-3)21(29)26-18(22(30)31)13-15-7-5-4-6-8-15/h4-8,14,16-18H,9-13,23H2,1-3H3,(H,24,27)(H,25,28)(H,26,29)(H,30,31). The fourth-order valence-electron chi connectivity index (χ4n) is 2.91. The van der Waals surface area contributed by atoms with Gasteiger partial charge in [0.05, 0.1) is 6.04 Å². The molecule has 0 aliphatic heterocycles. The Morgan fingerprint density at radius 1 is 0.848 bits per heavy atom. The lowest BCUT2D eigenvalue weighted by atomic mass is 10.0. The molecule has 4 atom stereocenters. The number of aliphatic carboxylic acids is 1. The van der Waals surface area contributed by atoms with Crippen LogP contribution in [0.1, 0.15) is 25.3 Å². The molecule has 1 rings (SSSR count). The molecule has 0 saturated heterocycles. The first-order chi connectivity index (χ1) is 15.7. The highest BCUT2D eigenvalue weighted by Gasteiger charge is 2.29. The van der Waals surface area contributed by atoms with E-state index in [1.54, 1.807) is 24.3 Å². The van der Waals surface area contributed by atoms with Crippen molar-refractivity contribution in [3.63, 3.8) is 0 Å². The summed E-state index contributed by atoms with van der Waals surface area (Å²) in [5.41, 5.74) is 6.37. The lowest BCUT2D eigenvalue weighted by molar-refractivity contribution is -0.142. The van der Waals surface area contributed by atoms with E-state index in [4.69, 9.17) is 5.73 Å². The Labute approximate surface area is 203 Å². The number of nitrogens with one attached hydrogen (secondary N) is 3. The van der Waals surface area contributed by atoms with Crippen molar-refractivity contribution in [1.82, 2.24) is 16.0 Å². The number of nitrogens with two attached hydrogens (primary N) is 1. The Balaban J connectivity index is 2.93. The summed E-state index contributed by atoms with van der Waals surface area (Å²) < 4.78 is 0. The first-order valence-corrected chi connectivity index (χ1v) is 13.4. The third-order valence-electron chi connectivity index (χ3n) is 4.80. The van der Waals surface area contributed by atoms with Gasteiger partial charge in [0.2, 0.25) is 17.7 Å². The summed E-state index contributed by atoms with van der Waals surface area (Å²) in [7, 11) is 0. The van der Waals surface area contributed by atoms with Gasteiger partial charge >= 0.3 is 5.97 Å². The first-order valence-electron chi connectivity index (χ1n) is 10.6. The van der Waals surface area contributed by atoms with Gasteiger partial charge in [0.25, 0.3) is 0 Å². The van der Waals surface area contributed by atoms with Crippen molar-refractivity contribution in [2.24, 2.45) is 5.73 Å². The molecule has 0 aliphatic carbocycles. The van der Waals surface area contributed by atoms with Gasteiger partial charge in [-0.1, -0.05) is 30.3 Å². The zero-order chi connectivity index (χ0) is 24.8. The van der Waals surface area contributed by atoms with E-state index in [0.29, 0.717) is 24.3 Å². The van der Waals surface area contributed by atoms with Crippen LogP contribution in [0.5, 0.6) is 0 Å². The predicted octanol–water partition coefficient (Wildman–Crippen LogP) is 0.622. The normalized spacial score (nSPS) is 14.4. The lowest BCUT2D eigenvalue weighted by Gasteiger charge is -2.25. The highest BCUT2D eigenvalue weighted by atomic mass is 32.2. The number of carbonyl (C=O) groups excluding carboxylic acids is 3. The Hall–Kier alpha value is -2.24. The quantitative estimate of drug-likeness (QED) is 0.236. The van der Waals surface area contributed by atoms with Crippen molar-refractivity contribution in [3.05, 3.63) is 35.9 Å². The van der Waals surface area contributed by atoms with Crippen LogP contribution in [0, 0.1) is 0 Å². The molecule has 0 heterocycles. The second kappa shape index (κ2) is 15.6. The highest BCUT2D eigenvalue weighted by Crippen LogP contribution is 2.08. The van der Waals surface area contributed by atoms with E-state index in [0.717, 1.165) is 5.56 Å². The van der Waals surface area contributed by atoms with Crippen molar-refractivity contribution >= 4 is 47.2 Å². The van der Waals surface area contributed by atoms with Crippen LogP contribution in [0.25, 0.3) is 0 Å². The van der Waals surface area contributed by atoms with Crippen LogP contribution >= 0.6 is 23.5 Å². The molecule has 0 fully saturated rings. The van der Waals surface area contributed by atoms with Gasteiger partial charge in [0, 0.05) is 6.42 Å². The molecule has 184 valence electrons. The third kappa shape index (κ3) is 11.0. The molecule has 0 saturated carbocycles. The molecule has 33 heavy (non-hydrogen) atoms. The number of carbonyl (C=O) groups is 4. The number of rotatable bonds is 15. The average molecular weight is 499 g/mol. The van der Waals surface area contributed by atoms with Gasteiger partial charge in [-0.2, -0.15) is 23.5 Å². The molecule has 0 aliphatic rings. The molecule has 0 radical (unpaired) electrons. The molecule has 0 bridgehead atoms. The number of carboxylic acids is 1. The number of hydrogen-bond donors (Lipinski definition) is 5. The molecular weight excluding hydrogens is 464 g/mol. The molecule has 3 amide bonds.